The average molecular weight is 228 g/mol. The SMILES string of the molecule is CC(O)CCc1ccc(S(C)(=O)=O)cc1. The van der Waals surface area contributed by atoms with Gasteiger partial charge in [-0.05, 0) is 37.5 Å². The van der Waals surface area contributed by atoms with Crippen molar-refractivity contribution in [3.63, 3.8) is 0 Å². The standard InChI is InChI=1S/C11H16O3S/c1-9(12)3-4-10-5-7-11(8-6-10)15(2,13)14/h5-9,12H,3-4H2,1-2H3. The van der Waals surface area contributed by atoms with E-state index in [9.17, 15) is 8.42 Å². The molecule has 0 aliphatic rings. The van der Waals surface area contributed by atoms with Crippen LogP contribution in [0, 0.1) is 0 Å². The third kappa shape index (κ3) is 4.01. The summed E-state index contributed by atoms with van der Waals surface area (Å²) in [6.45, 7) is 1.74. The van der Waals surface area contributed by atoms with Crippen molar-refractivity contribution in [2.24, 2.45) is 0 Å². The Morgan fingerprint density at radius 3 is 2.20 bits per heavy atom. The minimum absolute atomic E-state index is 0.320. The molecule has 0 aliphatic carbocycles. The molecule has 1 aromatic rings. The molecule has 0 aliphatic heterocycles. The maximum absolute atomic E-state index is 11.2. The number of aliphatic hydroxyl groups excluding tert-OH is 1. The molecule has 15 heavy (non-hydrogen) atoms. The van der Waals surface area contributed by atoms with E-state index >= 15 is 0 Å². The summed E-state index contributed by atoms with van der Waals surface area (Å²) in [5.74, 6) is 0. The van der Waals surface area contributed by atoms with Gasteiger partial charge in [0.25, 0.3) is 0 Å². The quantitative estimate of drug-likeness (QED) is 0.847. The molecule has 0 heterocycles. The van der Waals surface area contributed by atoms with E-state index < -0.39 is 9.84 Å². The highest BCUT2D eigenvalue weighted by atomic mass is 32.2. The number of aryl methyl sites for hydroxylation is 1. The molecule has 3 nitrogen and oxygen atoms in total. The van der Waals surface area contributed by atoms with Crippen molar-refractivity contribution < 1.29 is 13.5 Å². The Kier molecular flexibility index (Phi) is 3.88. The van der Waals surface area contributed by atoms with Gasteiger partial charge in [0.05, 0.1) is 11.0 Å². The molecular weight excluding hydrogens is 212 g/mol. The van der Waals surface area contributed by atoms with Crippen molar-refractivity contribution in [3.8, 4) is 0 Å². The number of sulfone groups is 1. The second-order valence-electron chi connectivity index (χ2n) is 3.80. The average Bonchev–Trinajstić information content (AvgIpc) is 2.14. The second-order valence-corrected chi connectivity index (χ2v) is 5.82. The zero-order valence-electron chi connectivity index (χ0n) is 8.97. The first-order chi connectivity index (χ1) is 6.89. The lowest BCUT2D eigenvalue weighted by Crippen LogP contribution is -2.02. The van der Waals surface area contributed by atoms with Gasteiger partial charge < -0.3 is 5.11 Å². The minimum Gasteiger partial charge on any atom is -0.393 e. The predicted octanol–water partition coefficient (Wildman–Crippen LogP) is 1.40. The summed E-state index contributed by atoms with van der Waals surface area (Å²) in [7, 11) is -3.10. The first-order valence-electron chi connectivity index (χ1n) is 4.86. The molecule has 0 saturated heterocycles. The Morgan fingerprint density at radius 2 is 1.80 bits per heavy atom. The van der Waals surface area contributed by atoms with E-state index in [1.807, 2.05) is 0 Å². The molecule has 0 spiro atoms. The molecule has 0 radical (unpaired) electrons. The predicted molar refractivity (Wildman–Crippen MR) is 59.6 cm³/mol. The molecule has 0 amide bonds. The molecule has 1 atom stereocenters. The van der Waals surface area contributed by atoms with Crippen molar-refractivity contribution in [3.05, 3.63) is 29.8 Å². The molecule has 84 valence electrons. The molecule has 1 N–H and O–H groups in total. The van der Waals surface area contributed by atoms with Crippen molar-refractivity contribution in [2.75, 3.05) is 6.26 Å². The molecule has 1 unspecified atom stereocenters. The summed E-state index contributed by atoms with van der Waals surface area (Å²) < 4.78 is 22.3. The van der Waals surface area contributed by atoms with Crippen LogP contribution in [0.25, 0.3) is 0 Å². The number of rotatable bonds is 4. The maximum atomic E-state index is 11.2. The molecule has 1 aromatic carbocycles. The van der Waals surface area contributed by atoms with Gasteiger partial charge in [-0.25, -0.2) is 8.42 Å². The van der Waals surface area contributed by atoms with Gasteiger partial charge >= 0.3 is 0 Å². The van der Waals surface area contributed by atoms with Crippen LogP contribution in [0.15, 0.2) is 29.2 Å². The van der Waals surface area contributed by atoms with Crippen molar-refractivity contribution in [2.45, 2.75) is 30.8 Å². The van der Waals surface area contributed by atoms with Crippen LogP contribution in [0.5, 0.6) is 0 Å². The van der Waals surface area contributed by atoms with E-state index in [-0.39, 0.29) is 6.10 Å². The molecule has 1 rings (SSSR count). The van der Waals surface area contributed by atoms with Crippen LogP contribution in [0.4, 0.5) is 0 Å². The van der Waals surface area contributed by atoms with Crippen LogP contribution in [0.2, 0.25) is 0 Å². The fourth-order valence-corrected chi connectivity index (χ4v) is 1.91. The molecular formula is C11H16O3S. The molecule has 0 saturated carbocycles. The van der Waals surface area contributed by atoms with E-state index in [0.29, 0.717) is 11.3 Å². The fraction of sp³-hybridized carbons (Fsp3) is 0.455. The van der Waals surface area contributed by atoms with E-state index in [1.54, 1.807) is 31.2 Å². The summed E-state index contributed by atoms with van der Waals surface area (Å²) in [6.07, 6.45) is 2.33. The minimum atomic E-state index is -3.10. The Hall–Kier alpha value is -0.870. The Morgan fingerprint density at radius 1 is 1.27 bits per heavy atom. The van der Waals surface area contributed by atoms with Crippen LogP contribution >= 0.6 is 0 Å². The molecule has 0 aromatic heterocycles. The number of hydrogen-bond acceptors (Lipinski definition) is 3. The van der Waals surface area contributed by atoms with Gasteiger partial charge in [0.1, 0.15) is 0 Å². The second kappa shape index (κ2) is 4.77. The largest absolute Gasteiger partial charge is 0.393 e. The van der Waals surface area contributed by atoms with Crippen LogP contribution in [-0.2, 0) is 16.3 Å². The van der Waals surface area contributed by atoms with Crippen LogP contribution in [0.1, 0.15) is 18.9 Å². The molecule has 0 bridgehead atoms. The van der Waals surface area contributed by atoms with E-state index in [2.05, 4.69) is 0 Å². The van der Waals surface area contributed by atoms with Crippen LogP contribution in [-0.4, -0.2) is 25.9 Å². The molecule has 0 fully saturated rings. The summed E-state index contributed by atoms with van der Waals surface area (Å²) in [5.41, 5.74) is 1.04. The first kappa shape index (κ1) is 12.2. The topological polar surface area (TPSA) is 54.4 Å². The number of hydrogen-bond donors (Lipinski definition) is 1. The monoisotopic (exact) mass is 228 g/mol. The van der Waals surface area contributed by atoms with Gasteiger partial charge in [-0.1, -0.05) is 12.1 Å². The maximum Gasteiger partial charge on any atom is 0.175 e. The summed E-state index contributed by atoms with van der Waals surface area (Å²) >= 11 is 0. The molecule has 4 heteroatoms. The smallest absolute Gasteiger partial charge is 0.175 e. The van der Waals surface area contributed by atoms with Crippen molar-refractivity contribution >= 4 is 9.84 Å². The number of benzene rings is 1. The van der Waals surface area contributed by atoms with Crippen LogP contribution in [0.3, 0.4) is 0 Å². The van der Waals surface area contributed by atoms with Gasteiger partial charge in [0, 0.05) is 6.26 Å². The highest BCUT2D eigenvalue weighted by Crippen LogP contribution is 2.12. The third-order valence-electron chi connectivity index (χ3n) is 2.20. The normalized spacial score (nSPS) is 13.8. The van der Waals surface area contributed by atoms with Crippen molar-refractivity contribution in [1.82, 2.24) is 0 Å². The summed E-state index contributed by atoms with van der Waals surface area (Å²) in [6, 6.07) is 6.79. The fourth-order valence-electron chi connectivity index (χ4n) is 1.28. The lowest BCUT2D eigenvalue weighted by molar-refractivity contribution is 0.185. The van der Waals surface area contributed by atoms with E-state index in [1.165, 1.54) is 6.26 Å². The first-order valence-corrected chi connectivity index (χ1v) is 6.76. The van der Waals surface area contributed by atoms with Gasteiger partial charge in [-0.3, -0.25) is 0 Å². The lowest BCUT2D eigenvalue weighted by Gasteiger charge is -2.04. The van der Waals surface area contributed by atoms with E-state index in [0.717, 1.165) is 12.0 Å². The van der Waals surface area contributed by atoms with Crippen LogP contribution < -0.4 is 0 Å². The highest BCUT2D eigenvalue weighted by Gasteiger charge is 2.06. The van der Waals surface area contributed by atoms with Gasteiger partial charge in [0.15, 0.2) is 9.84 Å². The van der Waals surface area contributed by atoms with Gasteiger partial charge in [-0.2, -0.15) is 0 Å². The third-order valence-corrected chi connectivity index (χ3v) is 3.33. The van der Waals surface area contributed by atoms with Gasteiger partial charge in [-0.15, -0.1) is 0 Å². The number of aliphatic hydroxyl groups is 1. The summed E-state index contributed by atoms with van der Waals surface area (Å²) in [5, 5.41) is 9.10. The van der Waals surface area contributed by atoms with E-state index in [4.69, 9.17) is 5.11 Å². The van der Waals surface area contributed by atoms with Gasteiger partial charge in [0.2, 0.25) is 0 Å². The zero-order valence-corrected chi connectivity index (χ0v) is 9.79. The zero-order chi connectivity index (χ0) is 11.5. The Balaban J connectivity index is 2.73. The Labute approximate surface area is 90.7 Å². The Bertz CT molecular complexity index is 404. The lowest BCUT2D eigenvalue weighted by atomic mass is 10.1. The van der Waals surface area contributed by atoms with Crippen molar-refractivity contribution in [1.29, 1.82) is 0 Å². The highest BCUT2D eigenvalue weighted by molar-refractivity contribution is 7.90. The summed E-state index contributed by atoms with van der Waals surface area (Å²) in [4.78, 5) is 0.336.